The molecule has 2 saturated heterocycles. The topological polar surface area (TPSA) is 212 Å². The van der Waals surface area contributed by atoms with E-state index in [1.165, 1.54) is 19.4 Å². The lowest BCUT2D eigenvalue weighted by atomic mass is 9.48. The van der Waals surface area contributed by atoms with Crippen molar-refractivity contribution < 1.29 is 72.1 Å². The molecule has 13 atom stereocenters. The van der Waals surface area contributed by atoms with Crippen LogP contribution in [0.4, 0.5) is 4.79 Å². The number of esters is 4. The SMILES string of the molecule is CC(=O)O[C@@H]1C2=C(C)[C@@H](OC(=O)[C@H](O)[C@H](CC(C)C)NC(=O)OC(C)(C)C)C[C@@](O)([C@@H](OC(=O)c3ccccc3)[C@H]3C4[C@H](C[C@H]5OC[C@@]35OC(C)=O)O[C@H](/C=C(\C)CCC=C(C)C)O[C@H]41)C2(C)C. The average Bonchev–Trinajstić information content (AvgIpc) is 3.21. The zero-order chi connectivity index (χ0) is 50.3. The van der Waals surface area contributed by atoms with Crippen LogP contribution in [-0.2, 0) is 52.3 Å². The third-order valence-electron chi connectivity index (χ3n) is 14.1. The number of hydrogen-bond donors (Lipinski definition) is 3. The summed E-state index contributed by atoms with van der Waals surface area (Å²) in [7, 11) is 0. The Hall–Kier alpha value is -4.61. The second-order valence-corrected chi connectivity index (χ2v) is 21.5. The second kappa shape index (κ2) is 20.4. The quantitative estimate of drug-likeness (QED) is 0.0975. The van der Waals surface area contributed by atoms with Gasteiger partial charge in [-0.05, 0) is 103 Å². The molecule has 2 saturated carbocycles. The summed E-state index contributed by atoms with van der Waals surface area (Å²) < 4.78 is 51.1. The fraction of sp³-hybridized carbons (Fsp3) is 0.673. The Balaban J connectivity index is 1.56. The molecule has 376 valence electrons. The first-order valence-corrected chi connectivity index (χ1v) is 23.9. The molecular weight excluding hydrogens is 879 g/mol. The molecule has 68 heavy (non-hydrogen) atoms. The first kappa shape index (κ1) is 52.8. The Morgan fingerprint density at radius 2 is 1.63 bits per heavy atom. The molecule has 0 radical (unpaired) electrons. The number of aliphatic hydroxyl groups excluding tert-OH is 1. The number of aliphatic hydroxyl groups is 2. The van der Waals surface area contributed by atoms with E-state index in [9.17, 15) is 34.2 Å². The molecule has 1 aromatic carbocycles. The van der Waals surface area contributed by atoms with Gasteiger partial charge in [0.25, 0.3) is 0 Å². The number of rotatable bonds is 14. The fourth-order valence-electron chi connectivity index (χ4n) is 11.1. The van der Waals surface area contributed by atoms with E-state index < -0.39 is 126 Å². The Morgan fingerprint density at radius 3 is 2.21 bits per heavy atom. The highest BCUT2D eigenvalue weighted by atomic mass is 16.7. The van der Waals surface area contributed by atoms with Crippen LogP contribution in [-0.4, -0.2) is 119 Å². The highest BCUT2D eigenvalue weighted by molar-refractivity contribution is 5.89. The number of amides is 1. The lowest BCUT2D eigenvalue weighted by molar-refractivity contribution is -0.380. The van der Waals surface area contributed by atoms with E-state index in [4.69, 9.17) is 37.9 Å². The molecule has 3 N–H and O–H groups in total. The van der Waals surface area contributed by atoms with Crippen LogP contribution in [0.25, 0.3) is 0 Å². The molecule has 16 heteroatoms. The maximum Gasteiger partial charge on any atom is 0.407 e. The molecule has 3 aliphatic carbocycles. The van der Waals surface area contributed by atoms with Crippen LogP contribution in [0.5, 0.6) is 0 Å². The van der Waals surface area contributed by atoms with Gasteiger partial charge in [-0.15, -0.1) is 0 Å². The number of hydrogen-bond acceptors (Lipinski definition) is 15. The van der Waals surface area contributed by atoms with Crippen molar-refractivity contribution in [2.24, 2.45) is 23.2 Å². The summed E-state index contributed by atoms with van der Waals surface area (Å²) in [5.74, 6) is -5.33. The molecule has 6 rings (SSSR count). The Morgan fingerprint density at radius 1 is 0.956 bits per heavy atom. The van der Waals surface area contributed by atoms with Crippen molar-refractivity contribution in [2.45, 2.75) is 194 Å². The molecule has 1 aromatic rings. The Kier molecular flexibility index (Phi) is 15.8. The van der Waals surface area contributed by atoms with Crippen LogP contribution in [0.15, 0.2) is 64.8 Å². The van der Waals surface area contributed by atoms with Crippen LogP contribution in [0, 0.1) is 23.2 Å². The van der Waals surface area contributed by atoms with Gasteiger partial charge in [0.2, 0.25) is 0 Å². The summed E-state index contributed by atoms with van der Waals surface area (Å²) >= 11 is 0. The minimum absolute atomic E-state index is 0.0935. The minimum atomic E-state index is -2.21. The number of nitrogens with one attached hydrogen (secondary N) is 1. The van der Waals surface area contributed by atoms with Crippen molar-refractivity contribution in [2.75, 3.05) is 6.61 Å². The summed E-state index contributed by atoms with van der Waals surface area (Å²) in [4.78, 5) is 68.7. The fourth-order valence-corrected chi connectivity index (χ4v) is 11.1. The normalized spacial score (nSPS) is 32.6. The molecule has 0 aromatic heterocycles. The van der Waals surface area contributed by atoms with Gasteiger partial charge in [-0.25, -0.2) is 14.4 Å². The monoisotopic (exact) mass is 951 g/mol. The molecule has 0 spiro atoms. The molecule has 1 amide bonds. The van der Waals surface area contributed by atoms with E-state index >= 15 is 0 Å². The van der Waals surface area contributed by atoms with Crippen molar-refractivity contribution >= 4 is 30.0 Å². The van der Waals surface area contributed by atoms with Crippen LogP contribution in [0.2, 0.25) is 0 Å². The summed E-state index contributed by atoms with van der Waals surface area (Å²) in [6, 6.07) is 7.10. The smallest absolute Gasteiger partial charge is 0.407 e. The van der Waals surface area contributed by atoms with Gasteiger partial charge in [-0.3, -0.25) is 9.59 Å². The van der Waals surface area contributed by atoms with E-state index in [-0.39, 0.29) is 30.9 Å². The molecule has 16 nitrogen and oxygen atoms in total. The van der Waals surface area contributed by atoms with Gasteiger partial charge in [0, 0.05) is 38.0 Å². The van der Waals surface area contributed by atoms with Gasteiger partial charge >= 0.3 is 30.0 Å². The number of benzene rings is 1. The molecule has 2 bridgehead atoms. The third-order valence-corrected chi connectivity index (χ3v) is 14.1. The van der Waals surface area contributed by atoms with E-state index in [2.05, 4.69) is 11.4 Å². The predicted octanol–water partition coefficient (Wildman–Crippen LogP) is 6.99. The van der Waals surface area contributed by atoms with Gasteiger partial charge < -0.3 is 53.4 Å². The van der Waals surface area contributed by atoms with Crippen LogP contribution in [0.1, 0.15) is 132 Å². The van der Waals surface area contributed by atoms with Crippen molar-refractivity contribution in [1.29, 1.82) is 0 Å². The Bertz CT molecular complexity index is 2150. The molecular formula is C52H73NO15. The molecule has 4 fully saturated rings. The summed E-state index contributed by atoms with van der Waals surface area (Å²) in [5, 5.41) is 28.3. The van der Waals surface area contributed by atoms with Crippen LogP contribution in [0.3, 0.4) is 0 Å². The largest absolute Gasteiger partial charge is 0.456 e. The number of fused-ring (bicyclic) bond motifs is 4. The number of alkyl carbamates (subject to hydrolysis) is 1. The van der Waals surface area contributed by atoms with Crippen molar-refractivity contribution in [1.82, 2.24) is 5.32 Å². The highest BCUT2D eigenvalue weighted by Gasteiger charge is 2.76. The van der Waals surface area contributed by atoms with Crippen LogP contribution < -0.4 is 5.32 Å². The predicted molar refractivity (Wildman–Crippen MR) is 248 cm³/mol. The lowest BCUT2D eigenvalue weighted by Gasteiger charge is -2.67. The zero-order valence-corrected chi connectivity index (χ0v) is 41.9. The summed E-state index contributed by atoms with van der Waals surface area (Å²) in [5.41, 5.74) is -3.02. The van der Waals surface area contributed by atoms with Gasteiger partial charge in [0.15, 0.2) is 24.1 Å². The highest BCUT2D eigenvalue weighted by Crippen LogP contribution is 2.63. The van der Waals surface area contributed by atoms with Gasteiger partial charge in [-0.2, -0.15) is 0 Å². The van der Waals surface area contributed by atoms with E-state index in [0.717, 1.165) is 12.0 Å². The first-order valence-electron chi connectivity index (χ1n) is 23.9. The van der Waals surface area contributed by atoms with Crippen molar-refractivity contribution in [3.8, 4) is 0 Å². The first-order chi connectivity index (χ1) is 31.7. The van der Waals surface area contributed by atoms with Crippen LogP contribution >= 0.6 is 0 Å². The molecule has 1 unspecified atom stereocenters. The zero-order valence-electron chi connectivity index (χ0n) is 41.9. The standard InChI is InChI=1S/C52H73NO15/c1-27(2)18-17-19-29(5)23-38-63-35-24-37-51(26-61-37,67-32(8)55)41-39(35)43(65-38)44(62-31(7)54)40-30(6)36(64-47(58)42(56)34(22-28(3)4)53-48(59)68-49(9,10)11)25-52(60,50(40,12)13)45(41)66-46(57)33-20-15-14-16-21-33/h14-16,18,20-21,23,28,34-39,41-45,56,60H,17,19,22,24-26H2,1-13H3,(H,53,59)/b29-23+/t34-,35-,36-,37+,38-,39?,41+,42+,43+,44+,45-,51-,52+/m0/s1. The van der Waals surface area contributed by atoms with Crippen molar-refractivity contribution in [3.05, 3.63) is 70.3 Å². The number of carbonyl (C=O) groups excluding carboxylic acids is 5. The Labute approximate surface area is 400 Å². The lowest BCUT2D eigenvalue weighted by Crippen LogP contribution is -2.81. The van der Waals surface area contributed by atoms with Gasteiger partial charge in [0.1, 0.15) is 35.6 Å². The molecule has 2 heterocycles. The molecule has 2 aliphatic heterocycles. The number of carbonyl (C=O) groups is 5. The van der Waals surface area contributed by atoms with Gasteiger partial charge in [-0.1, -0.05) is 63.1 Å². The maximum absolute atomic E-state index is 14.6. The van der Waals surface area contributed by atoms with E-state index in [0.29, 0.717) is 17.6 Å². The van der Waals surface area contributed by atoms with Gasteiger partial charge in [0.05, 0.1) is 30.2 Å². The number of ether oxygens (including phenoxy) is 8. The second-order valence-electron chi connectivity index (χ2n) is 21.5. The van der Waals surface area contributed by atoms with E-state index in [1.807, 2.05) is 40.7 Å². The molecule has 5 aliphatic rings. The minimum Gasteiger partial charge on any atom is -0.456 e. The summed E-state index contributed by atoms with van der Waals surface area (Å²) in [6.45, 7) is 22.4. The van der Waals surface area contributed by atoms with E-state index in [1.54, 1.807) is 71.9 Å². The van der Waals surface area contributed by atoms with Crippen molar-refractivity contribution in [3.63, 3.8) is 0 Å². The maximum atomic E-state index is 14.6. The summed E-state index contributed by atoms with van der Waals surface area (Å²) in [6.07, 6.45) is -5.02. The third kappa shape index (κ3) is 10.9. The average molecular weight is 952 g/mol. The number of allylic oxidation sites excluding steroid dienone is 3.